The number of ether oxygens (including phenoxy) is 1. The van der Waals surface area contributed by atoms with Gasteiger partial charge in [0, 0.05) is 36.9 Å². The van der Waals surface area contributed by atoms with Crippen molar-refractivity contribution in [1.29, 1.82) is 5.26 Å². The topological polar surface area (TPSA) is 91.1 Å². The molecule has 2 aromatic rings. The van der Waals surface area contributed by atoms with Gasteiger partial charge in [-0.1, -0.05) is 23.7 Å². The Morgan fingerprint density at radius 3 is 2.88 bits per heavy atom. The van der Waals surface area contributed by atoms with Crippen molar-refractivity contribution in [3.05, 3.63) is 52.9 Å². The number of nitrogens with one attached hydrogen (secondary N) is 1. The number of carbonyl (C=O) groups excluding carboxylic acids is 1. The van der Waals surface area contributed by atoms with E-state index in [0.29, 0.717) is 31.1 Å². The van der Waals surface area contributed by atoms with Crippen molar-refractivity contribution in [2.45, 2.75) is 19.1 Å². The van der Waals surface area contributed by atoms with E-state index in [2.05, 4.69) is 15.3 Å². The number of aromatic nitrogens is 2. The molecule has 1 aromatic carbocycles. The van der Waals surface area contributed by atoms with Gasteiger partial charge < -0.3 is 15.0 Å². The quantitative estimate of drug-likeness (QED) is 0.907. The van der Waals surface area contributed by atoms with Gasteiger partial charge in [-0.05, 0) is 17.7 Å². The molecular weight excluding hydrogens is 342 g/mol. The fraction of sp³-hybridized carbons (Fsp3) is 0.294. The van der Waals surface area contributed by atoms with E-state index in [1.54, 1.807) is 17.0 Å². The van der Waals surface area contributed by atoms with Gasteiger partial charge >= 0.3 is 6.03 Å². The zero-order valence-corrected chi connectivity index (χ0v) is 14.1. The summed E-state index contributed by atoms with van der Waals surface area (Å²) in [6.45, 7) is 1.45. The molecule has 1 atom stereocenters. The van der Waals surface area contributed by atoms with E-state index in [1.165, 1.54) is 12.4 Å². The lowest BCUT2D eigenvalue weighted by molar-refractivity contribution is 0.182. The zero-order chi connectivity index (χ0) is 17.6. The minimum Gasteiger partial charge on any atom is -0.470 e. The minimum absolute atomic E-state index is 0.146. The van der Waals surface area contributed by atoms with Crippen LogP contribution in [0, 0.1) is 11.3 Å². The Labute approximate surface area is 150 Å². The van der Waals surface area contributed by atoms with Gasteiger partial charge in [0.1, 0.15) is 12.2 Å². The molecule has 1 aliphatic rings. The summed E-state index contributed by atoms with van der Waals surface area (Å²) in [5.74, 6) is 0.207. The number of nitriles is 1. The molecule has 128 valence electrons. The van der Waals surface area contributed by atoms with Crippen LogP contribution in [0.1, 0.15) is 17.7 Å². The van der Waals surface area contributed by atoms with Gasteiger partial charge in [-0.3, -0.25) is 0 Å². The maximum atomic E-state index is 12.3. The molecule has 0 aliphatic carbocycles. The fourth-order valence-electron chi connectivity index (χ4n) is 2.55. The number of urea groups is 1. The lowest BCUT2D eigenvalue weighted by atomic mass is 10.2. The summed E-state index contributed by atoms with van der Waals surface area (Å²) in [6, 6.07) is 9.11. The highest BCUT2D eigenvalue weighted by atomic mass is 35.5. The molecular formula is C17H16ClN5O2. The van der Waals surface area contributed by atoms with E-state index in [4.69, 9.17) is 21.6 Å². The molecule has 3 rings (SSSR count). The molecule has 1 N–H and O–H groups in total. The summed E-state index contributed by atoms with van der Waals surface area (Å²) in [4.78, 5) is 21.9. The lowest BCUT2D eigenvalue weighted by Gasteiger charge is -2.18. The lowest BCUT2D eigenvalue weighted by Crippen LogP contribution is -2.39. The Balaban J connectivity index is 1.51. The molecule has 25 heavy (non-hydrogen) atoms. The summed E-state index contributed by atoms with van der Waals surface area (Å²) >= 11 is 5.84. The van der Waals surface area contributed by atoms with Gasteiger partial charge in [-0.25, -0.2) is 14.8 Å². The molecule has 1 aliphatic heterocycles. The molecule has 1 saturated heterocycles. The molecule has 2 amide bonds. The predicted molar refractivity (Wildman–Crippen MR) is 91.0 cm³/mol. The third-order valence-electron chi connectivity index (χ3n) is 3.84. The maximum absolute atomic E-state index is 12.3. The van der Waals surface area contributed by atoms with E-state index < -0.39 is 0 Å². The number of rotatable bonds is 4. The average molecular weight is 358 g/mol. The first kappa shape index (κ1) is 17.0. The number of hydrogen-bond donors (Lipinski definition) is 1. The number of carbonyl (C=O) groups is 1. The number of benzene rings is 1. The summed E-state index contributed by atoms with van der Waals surface area (Å²) in [5, 5.41) is 12.6. The van der Waals surface area contributed by atoms with Crippen molar-refractivity contribution in [3.8, 4) is 11.9 Å². The normalized spacial score (nSPS) is 16.3. The summed E-state index contributed by atoms with van der Waals surface area (Å²) in [5.41, 5.74) is 1.12. The summed E-state index contributed by atoms with van der Waals surface area (Å²) in [7, 11) is 0. The van der Waals surface area contributed by atoms with Gasteiger partial charge in [-0.15, -0.1) is 0 Å². The van der Waals surface area contributed by atoms with Crippen molar-refractivity contribution in [2.75, 3.05) is 13.1 Å². The van der Waals surface area contributed by atoms with Crippen LogP contribution in [0.25, 0.3) is 0 Å². The van der Waals surface area contributed by atoms with Crippen LogP contribution in [0.3, 0.4) is 0 Å². The van der Waals surface area contributed by atoms with Crippen molar-refractivity contribution in [1.82, 2.24) is 20.2 Å². The second kappa shape index (κ2) is 7.81. The number of amides is 2. The Morgan fingerprint density at radius 2 is 2.12 bits per heavy atom. The van der Waals surface area contributed by atoms with Gasteiger partial charge in [0.05, 0.1) is 6.54 Å². The van der Waals surface area contributed by atoms with Crippen LogP contribution in [-0.2, 0) is 6.54 Å². The highest BCUT2D eigenvalue weighted by molar-refractivity contribution is 6.30. The van der Waals surface area contributed by atoms with Crippen LogP contribution in [-0.4, -0.2) is 40.1 Å². The van der Waals surface area contributed by atoms with Crippen LogP contribution in [0.5, 0.6) is 5.88 Å². The summed E-state index contributed by atoms with van der Waals surface area (Å²) in [6.07, 6.45) is 3.39. The first-order valence-electron chi connectivity index (χ1n) is 7.80. The third-order valence-corrected chi connectivity index (χ3v) is 4.09. The molecule has 1 aromatic heterocycles. The molecule has 7 nitrogen and oxygen atoms in total. The Bertz CT molecular complexity index is 790. The molecule has 8 heteroatoms. The third kappa shape index (κ3) is 4.37. The van der Waals surface area contributed by atoms with E-state index in [0.717, 1.165) is 5.56 Å². The molecule has 0 radical (unpaired) electrons. The van der Waals surface area contributed by atoms with Crippen molar-refractivity contribution >= 4 is 17.6 Å². The van der Waals surface area contributed by atoms with Crippen LogP contribution in [0.4, 0.5) is 4.79 Å². The monoisotopic (exact) mass is 357 g/mol. The van der Waals surface area contributed by atoms with Gasteiger partial charge in [0.2, 0.25) is 5.69 Å². The van der Waals surface area contributed by atoms with E-state index in [1.807, 2.05) is 18.2 Å². The zero-order valence-electron chi connectivity index (χ0n) is 13.4. The second-order valence-corrected chi connectivity index (χ2v) is 6.02. The van der Waals surface area contributed by atoms with E-state index >= 15 is 0 Å². The largest absolute Gasteiger partial charge is 0.470 e. The molecule has 2 heterocycles. The highest BCUT2D eigenvalue weighted by Crippen LogP contribution is 2.18. The van der Waals surface area contributed by atoms with Gasteiger partial charge in [0.25, 0.3) is 5.88 Å². The highest BCUT2D eigenvalue weighted by Gasteiger charge is 2.28. The van der Waals surface area contributed by atoms with Gasteiger partial charge in [0.15, 0.2) is 0 Å². The van der Waals surface area contributed by atoms with E-state index in [9.17, 15) is 4.79 Å². The van der Waals surface area contributed by atoms with Crippen LogP contribution < -0.4 is 10.1 Å². The Kier molecular flexibility index (Phi) is 5.31. The average Bonchev–Trinajstić information content (AvgIpc) is 3.10. The number of hydrogen-bond acceptors (Lipinski definition) is 5. The molecule has 0 unspecified atom stereocenters. The number of halogens is 1. The van der Waals surface area contributed by atoms with Crippen molar-refractivity contribution < 1.29 is 9.53 Å². The standard InChI is InChI=1S/C17H16ClN5O2/c18-13-3-1-12(2-4-13)10-22-17(24)23-8-5-14(11-23)25-16-15(9-19)20-6-7-21-16/h1-4,6-7,14H,5,8,10-11H2,(H,22,24)/t14-/m0/s1. The van der Waals surface area contributed by atoms with Crippen molar-refractivity contribution in [3.63, 3.8) is 0 Å². The van der Waals surface area contributed by atoms with E-state index in [-0.39, 0.29) is 23.7 Å². The Morgan fingerprint density at radius 1 is 1.36 bits per heavy atom. The molecule has 1 fully saturated rings. The van der Waals surface area contributed by atoms with Crippen LogP contribution >= 0.6 is 11.6 Å². The molecule has 0 spiro atoms. The van der Waals surface area contributed by atoms with Crippen LogP contribution in [0.15, 0.2) is 36.7 Å². The number of nitrogens with zero attached hydrogens (tertiary/aromatic N) is 4. The molecule has 0 bridgehead atoms. The SMILES string of the molecule is N#Cc1nccnc1O[C@H]1CCN(C(=O)NCc2ccc(Cl)cc2)C1. The fourth-order valence-corrected chi connectivity index (χ4v) is 2.67. The van der Waals surface area contributed by atoms with Gasteiger partial charge in [-0.2, -0.15) is 5.26 Å². The number of likely N-dealkylation sites (tertiary alicyclic amines) is 1. The summed E-state index contributed by atoms with van der Waals surface area (Å²) < 4.78 is 5.72. The predicted octanol–water partition coefficient (Wildman–Crippen LogP) is 2.36. The minimum atomic E-state index is -0.204. The first-order valence-corrected chi connectivity index (χ1v) is 8.18. The first-order chi connectivity index (χ1) is 12.2. The smallest absolute Gasteiger partial charge is 0.317 e. The maximum Gasteiger partial charge on any atom is 0.317 e. The Hall–Kier alpha value is -2.85. The van der Waals surface area contributed by atoms with Crippen LogP contribution in [0.2, 0.25) is 5.02 Å². The second-order valence-electron chi connectivity index (χ2n) is 5.58. The van der Waals surface area contributed by atoms with Crippen molar-refractivity contribution in [2.24, 2.45) is 0 Å². The molecule has 0 saturated carbocycles.